The second kappa shape index (κ2) is 9.91. The maximum absolute atomic E-state index is 13.3. The zero-order valence-electron chi connectivity index (χ0n) is 16.7. The predicted octanol–water partition coefficient (Wildman–Crippen LogP) is 4.73. The molecule has 4 rings (SSSR count). The molecule has 0 radical (unpaired) electrons. The Balaban J connectivity index is 0.00000140. The summed E-state index contributed by atoms with van der Waals surface area (Å²) in [4.78, 5) is 20.2. The number of benzene rings is 1. The zero-order valence-corrected chi connectivity index (χ0v) is 18.4. The van der Waals surface area contributed by atoms with E-state index in [4.69, 9.17) is 4.98 Å². The highest BCUT2D eigenvalue weighted by molar-refractivity contribution is 6.06. The topological polar surface area (TPSA) is 45.2 Å². The number of aryl methyl sites for hydroxylation is 1. The summed E-state index contributed by atoms with van der Waals surface area (Å²) in [6.07, 6.45) is 4.59. The normalized spacial score (nSPS) is 17.1. The molecule has 1 amide bonds. The molecule has 0 atom stereocenters. The van der Waals surface area contributed by atoms with Crippen molar-refractivity contribution in [3.05, 3.63) is 41.1 Å². The Bertz CT molecular complexity index is 815. The van der Waals surface area contributed by atoms with Crippen LogP contribution in [-0.4, -0.2) is 42.0 Å². The first-order valence-electron chi connectivity index (χ1n) is 10.1. The number of nitrogens with one attached hydrogen (secondary N) is 1. The summed E-state index contributed by atoms with van der Waals surface area (Å²) in [5, 5.41) is 4.45. The summed E-state index contributed by atoms with van der Waals surface area (Å²) in [6, 6.07) is 8.35. The lowest BCUT2D eigenvalue weighted by atomic mass is 9.95. The minimum Gasteiger partial charge on any atom is -0.339 e. The van der Waals surface area contributed by atoms with Crippen LogP contribution >= 0.6 is 24.8 Å². The van der Waals surface area contributed by atoms with E-state index in [9.17, 15) is 4.79 Å². The van der Waals surface area contributed by atoms with E-state index < -0.39 is 0 Å². The minimum absolute atomic E-state index is 0. The van der Waals surface area contributed by atoms with Crippen molar-refractivity contribution in [2.75, 3.05) is 26.2 Å². The van der Waals surface area contributed by atoms with Gasteiger partial charge in [0.25, 0.3) is 5.91 Å². The average molecular weight is 424 g/mol. The zero-order chi connectivity index (χ0) is 18.1. The average Bonchev–Trinajstić information content (AvgIpc) is 3.51. The molecule has 1 aliphatic carbocycles. The van der Waals surface area contributed by atoms with Crippen molar-refractivity contribution >= 4 is 41.6 Å². The molecular formula is C22H31Cl2N3O. The fraction of sp³-hybridized carbons (Fsp3) is 0.545. The lowest BCUT2D eigenvalue weighted by Gasteiger charge is -2.32. The number of hydrogen-bond donors (Lipinski definition) is 1. The second-order valence-electron chi connectivity index (χ2n) is 7.93. The number of aromatic nitrogens is 1. The fourth-order valence-corrected chi connectivity index (χ4v) is 3.98. The van der Waals surface area contributed by atoms with Gasteiger partial charge in [0.1, 0.15) is 0 Å². The summed E-state index contributed by atoms with van der Waals surface area (Å²) in [5.41, 5.74) is 4.10. The van der Waals surface area contributed by atoms with Gasteiger partial charge in [-0.3, -0.25) is 9.78 Å². The van der Waals surface area contributed by atoms with Gasteiger partial charge in [-0.2, -0.15) is 0 Å². The maximum atomic E-state index is 13.3. The number of amides is 1. The number of likely N-dealkylation sites (tertiary alicyclic amines) is 1. The van der Waals surface area contributed by atoms with E-state index in [-0.39, 0.29) is 30.7 Å². The van der Waals surface area contributed by atoms with Gasteiger partial charge in [-0.25, -0.2) is 0 Å². The lowest BCUT2D eigenvalue weighted by molar-refractivity contribution is 0.0692. The number of pyridine rings is 1. The third-order valence-electron chi connectivity index (χ3n) is 5.79. The van der Waals surface area contributed by atoms with Crippen LogP contribution in [0.5, 0.6) is 0 Å². The molecule has 1 N–H and O–H groups in total. The highest BCUT2D eigenvalue weighted by Gasteiger charge is 2.29. The van der Waals surface area contributed by atoms with Crippen molar-refractivity contribution < 1.29 is 4.79 Å². The van der Waals surface area contributed by atoms with Crippen molar-refractivity contribution in [1.29, 1.82) is 0 Å². The Morgan fingerprint density at radius 3 is 2.50 bits per heavy atom. The molecule has 0 spiro atoms. The van der Waals surface area contributed by atoms with Crippen LogP contribution in [-0.2, 0) is 0 Å². The molecule has 4 nitrogen and oxygen atoms in total. The minimum atomic E-state index is 0. The summed E-state index contributed by atoms with van der Waals surface area (Å²) in [6.45, 7) is 8.04. The Kier molecular flexibility index (Phi) is 8.11. The molecule has 28 heavy (non-hydrogen) atoms. The molecule has 6 heteroatoms. The molecule has 2 aliphatic rings. The molecule has 1 aromatic heterocycles. The first kappa shape index (κ1) is 22.9. The molecular weight excluding hydrogens is 393 g/mol. The highest BCUT2D eigenvalue weighted by Crippen LogP contribution is 2.40. The Labute approximate surface area is 180 Å². The van der Waals surface area contributed by atoms with Crippen LogP contribution in [0.4, 0.5) is 0 Å². The fourth-order valence-electron chi connectivity index (χ4n) is 3.98. The molecule has 2 fully saturated rings. The number of carbonyl (C=O) groups is 1. The van der Waals surface area contributed by atoms with Gasteiger partial charge < -0.3 is 10.2 Å². The smallest absolute Gasteiger partial charge is 0.254 e. The van der Waals surface area contributed by atoms with Crippen LogP contribution in [0.1, 0.15) is 60.1 Å². The molecule has 1 aliphatic heterocycles. The van der Waals surface area contributed by atoms with Gasteiger partial charge in [0, 0.05) is 30.1 Å². The van der Waals surface area contributed by atoms with Gasteiger partial charge in [-0.15, -0.1) is 24.8 Å². The predicted molar refractivity (Wildman–Crippen MR) is 120 cm³/mol. The van der Waals surface area contributed by atoms with Crippen molar-refractivity contribution in [2.24, 2.45) is 5.92 Å². The van der Waals surface area contributed by atoms with E-state index in [1.807, 2.05) is 0 Å². The van der Waals surface area contributed by atoms with Crippen LogP contribution in [0.2, 0.25) is 0 Å². The van der Waals surface area contributed by atoms with Crippen LogP contribution < -0.4 is 5.32 Å². The van der Waals surface area contributed by atoms with Gasteiger partial charge in [-0.1, -0.05) is 18.6 Å². The Morgan fingerprint density at radius 1 is 1.14 bits per heavy atom. The van der Waals surface area contributed by atoms with Gasteiger partial charge in [0.15, 0.2) is 0 Å². The largest absolute Gasteiger partial charge is 0.339 e. The van der Waals surface area contributed by atoms with E-state index >= 15 is 0 Å². The molecule has 1 aromatic carbocycles. The standard InChI is InChI=1S/C22H29N3O.2ClH/c1-3-23-14-16-8-10-25(11-9-16)22(26)19-13-21(17-5-6-17)24-20-7-4-15(2)12-18(19)20;;/h4,7,12-13,16-17,23H,3,5-6,8-11,14H2,1-2H3;2*1H. The molecule has 154 valence electrons. The third kappa shape index (κ3) is 4.97. The van der Waals surface area contributed by atoms with Crippen molar-refractivity contribution in [1.82, 2.24) is 15.2 Å². The SMILES string of the molecule is CCNCC1CCN(C(=O)c2cc(C3CC3)nc3ccc(C)cc23)CC1.Cl.Cl. The van der Waals surface area contributed by atoms with Gasteiger partial charge >= 0.3 is 0 Å². The second-order valence-corrected chi connectivity index (χ2v) is 7.93. The van der Waals surface area contributed by atoms with Gasteiger partial charge in [0.2, 0.25) is 0 Å². The number of piperidine rings is 1. The van der Waals surface area contributed by atoms with Crippen molar-refractivity contribution in [3.63, 3.8) is 0 Å². The first-order valence-corrected chi connectivity index (χ1v) is 10.1. The van der Waals surface area contributed by atoms with E-state index in [1.165, 1.54) is 18.4 Å². The molecule has 1 saturated carbocycles. The lowest BCUT2D eigenvalue weighted by Crippen LogP contribution is -2.40. The Morgan fingerprint density at radius 2 is 1.86 bits per heavy atom. The van der Waals surface area contributed by atoms with E-state index in [2.05, 4.69) is 48.3 Å². The van der Waals surface area contributed by atoms with Crippen molar-refractivity contribution in [2.45, 2.75) is 45.4 Å². The number of halogens is 2. The van der Waals surface area contributed by atoms with Crippen LogP contribution in [0.15, 0.2) is 24.3 Å². The summed E-state index contributed by atoms with van der Waals surface area (Å²) in [7, 11) is 0. The van der Waals surface area contributed by atoms with E-state index in [0.717, 1.165) is 61.2 Å². The third-order valence-corrected chi connectivity index (χ3v) is 5.79. The monoisotopic (exact) mass is 423 g/mol. The summed E-state index contributed by atoms with van der Waals surface area (Å²) >= 11 is 0. The van der Waals surface area contributed by atoms with E-state index in [0.29, 0.717) is 11.8 Å². The van der Waals surface area contributed by atoms with Gasteiger partial charge in [0.05, 0.1) is 11.1 Å². The van der Waals surface area contributed by atoms with Crippen molar-refractivity contribution in [3.8, 4) is 0 Å². The van der Waals surface area contributed by atoms with Crippen LogP contribution in [0, 0.1) is 12.8 Å². The highest BCUT2D eigenvalue weighted by atomic mass is 35.5. The molecule has 1 saturated heterocycles. The van der Waals surface area contributed by atoms with Crippen LogP contribution in [0.25, 0.3) is 10.9 Å². The molecule has 2 heterocycles. The summed E-state index contributed by atoms with van der Waals surface area (Å²) in [5.74, 6) is 1.43. The van der Waals surface area contributed by atoms with Crippen LogP contribution in [0.3, 0.4) is 0 Å². The molecule has 0 unspecified atom stereocenters. The number of rotatable bonds is 5. The van der Waals surface area contributed by atoms with Gasteiger partial charge in [-0.05, 0) is 69.8 Å². The molecule has 0 bridgehead atoms. The Hall–Kier alpha value is -1.36. The quantitative estimate of drug-likeness (QED) is 0.755. The number of carbonyl (C=O) groups excluding carboxylic acids is 1. The summed E-state index contributed by atoms with van der Waals surface area (Å²) < 4.78 is 0. The maximum Gasteiger partial charge on any atom is 0.254 e. The number of nitrogens with zero attached hydrogens (tertiary/aromatic N) is 2. The first-order chi connectivity index (χ1) is 12.7. The molecule has 2 aromatic rings. The number of fused-ring (bicyclic) bond motifs is 1. The number of hydrogen-bond acceptors (Lipinski definition) is 3. The van der Waals surface area contributed by atoms with E-state index in [1.54, 1.807) is 0 Å².